The number of hydrogen-bond acceptors (Lipinski definition) is 3. The van der Waals surface area contributed by atoms with E-state index >= 15 is 0 Å². The van der Waals surface area contributed by atoms with Crippen LogP contribution in [0, 0.1) is 12.7 Å². The second kappa shape index (κ2) is 6.04. The zero-order valence-electron chi connectivity index (χ0n) is 12.7. The average molecular weight is 289 g/mol. The largest absolute Gasteiger partial charge is 0.370 e. The molecule has 0 saturated heterocycles. The van der Waals surface area contributed by atoms with Crippen LogP contribution in [0.5, 0.6) is 0 Å². The summed E-state index contributed by atoms with van der Waals surface area (Å²) < 4.78 is 13.9. The maximum absolute atomic E-state index is 13.9. The normalized spacial score (nSPS) is 24.0. The highest BCUT2D eigenvalue weighted by atomic mass is 19.1. The molecule has 1 unspecified atom stereocenters. The molecule has 1 atom stereocenters. The molecule has 1 aromatic carbocycles. The van der Waals surface area contributed by atoms with E-state index in [1.165, 1.54) is 38.5 Å². The first kappa shape index (κ1) is 14.4. The van der Waals surface area contributed by atoms with Gasteiger partial charge in [-0.2, -0.15) is 0 Å². The van der Waals surface area contributed by atoms with E-state index in [2.05, 4.69) is 9.89 Å². The first-order chi connectivity index (χ1) is 10.2. The average Bonchev–Trinajstić information content (AvgIpc) is 2.69. The van der Waals surface area contributed by atoms with Crippen molar-refractivity contribution < 1.29 is 4.39 Å². The molecule has 1 aliphatic heterocycles. The van der Waals surface area contributed by atoms with Gasteiger partial charge in [-0.05, 0) is 37.0 Å². The van der Waals surface area contributed by atoms with E-state index in [4.69, 9.17) is 5.73 Å². The summed E-state index contributed by atoms with van der Waals surface area (Å²) in [6.07, 6.45) is 7.46. The lowest BCUT2D eigenvalue weighted by atomic mass is 10.00. The van der Waals surface area contributed by atoms with Crippen LogP contribution in [0.15, 0.2) is 23.2 Å². The predicted molar refractivity (Wildman–Crippen MR) is 83.7 cm³/mol. The summed E-state index contributed by atoms with van der Waals surface area (Å²) in [6.45, 7) is 2.44. The van der Waals surface area contributed by atoms with E-state index in [0.29, 0.717) is 24.1 Å². The van der Waals surface area contributed by atoms with Crippen LogP contribution in [0.25, 0.3) is 0 Å². The fourth-order valence-corrected chi connectivity index (χ4v) is 3.57. The molecule has 1 fully saturated rings. The van der Waals surface area contributed by atoms with E-state index in [1.807, 2.05) is 12.1 Å². The molecule has 4 heteroatoms. The van der Waals surface area contributed by atoms with Crippen molar-refractivity contribution in [1.29, 1.82) is 0 Å². The highest BCUT2D eigenvalue weighted by Gasteiger charge is 2.33. The van der Waals surface area contributed by atoms with Crippen molar-refractivity contribution in [3.63, 3.8) is 0 Å². The van der Waals surface area contributed by atoms with Crippen LogP contribution < -0.4 is 5.73 Å². The van der Waals surface area contributed by atoms with Crippen LogP contribution in [0.1, 0.15) is 55.7 Å². The zero-order chi connectivity index (χ0) is 14.8. The summed E-state index contributed by atoms with van der Waals surface area (Å²) >= 11 is 0. The SMILES string of the molecule is Cc1ccc(C2CN=C(N)N2C2CCCCCC2)cc1F. The molecule has 114 valence electrons. The summed E-state index contributed by atoms with van der Waals surface area (Å²) in [6, 6.07) is 6.07. The van der Waals surface area contributed by atoms with E-state index in [9.17, 15) is 4.39 Å². The summed E-state index contributed by atoms with van der Waals surface area (Å²) in [5.74, 6) is 0.492. The fourth-order valence-electron chi connectivity index (χ4n) is 3.57. The van der Waals surface area contributed by atoms with Crippen LogP contribution in [0.4, 0.5) is 4.39 Å². The van der Waals surface area contributed by atoms with Gasteiger partial charge in [0.2, 0.25) is 0 Å². The van der Waals surface area contributed by atoms with Gasteiger partial charge in [0.15, 0.2) is 5.96 Å². The molecule has 0 amide bonds. The molecular formula is C17H24FN3. The number of benzene rings is 1. The Morgan fingerprint density at radius 3 is 2.57 bits per heavy atom. The minimum absolute atomic E-state index is 0.100. The number of guanidine groups is 1. The van der Waals surface area contributed by atoms with Crippen LogP contribution >= 0.6 is 0 Å². The second-order valence-corrected chi connectivity index (χ2v) is 6.28. The van der Waals surface area contributed by atoms with Gasteiger partial charge >= 0.3 is 0 Å². The van der Waals surface area contributed by atoms with E-state index in [-0.39, 0.29) is 11.9 Å². The van der Waals surface area contributed by atoms with Crippen molar-refractivity contribution in [3.05, 3.63) is 35.1 Å². The van der Waals surface area contributed by atoms with E-state index in [0.717, 1.165) is 5.56 Å². The maximum Gasteiger partial charge on any atom is 0.192 e. The Kier molecular flexibility index (Phi) is 4.13. The molecule has 3 nitrogen and oxygen atoms in total. The molecule has 1 aliphatic carbocycles. The van der Waals surface area contributed by atoms with E-state index < -0.39 is 0 Å². The van der Waals surface area contributed by atoms with Crippen LogP contribution in [0.2, 0.25) is 0 Å². The molecule has 0 spiro atoms. The Bertz CT molecular complexity index is 533. The van der Waals surface area contributed by atoms with Gasteiger partial charge in [0.1, 0.15) is 5.82 Å². The summed E-state index contributed by atoms with van der Waals surface area (Å²) in [5, 5.41) is 0. The lowest BCUT2D eigenvalue weighted by Gasteiger charge is -2.34. The van der Waals surface area contributed by atoms with Crippen molar-refractivity contribution in [2.75, 3.05) is 6.54 Å². The standard InChI is InChI=1S/C17H24FN3/c1-12-8-9-13(10-15(12)18)16-11-20-17(19)21(16)14-6-4-2-3-5-7-14/h8-10,14,16H,2-7,11H2,1H3,(H2,19,20). The van der Waals surface area contributed by atoms with Gasteiger partial charge in [-0.1, -0.05) is 37.8 Å². The Balaban J connectivity index is 1.85. The third kappa shape index (κ3) is 2.89. The molecule has 1 aromatic rings. The zero-order valence-corrected chi connectivity index (χ0v) is 12.7. The smallest absolute Gasteiger partial charge is 0.192 e. The number of nitrogens with zero attached hydrogens (tertiary/aromatic N) is 2. The molecular weight excluding hydrogens is 265 g/mol. The number of nitrogens with two attached hydrogens (primary N) is 1. The Morgan fingerprint density at radius 1 is 1.19 bits per heavy atom. The lowest BCUT2D eigenvalue weighted by molar-refractivity contribution is 0.237. The summed E-state index contributed by atoms with van der Waals surface area (Å²) in [7, 11) is 0. The third-order valence-electron chi connectivity index (χ3n) is 4.83. The van der Waals surface area contributed by atoms with Gasteiger partial charge in [-0.25, -0.2) is 4.39 Å². The van der Waals surface area contributed by atoms with Crippen molar-refractivity contribution >= 4 is 5.96 Å². The number of halogens is 1. The predicted octanol–water partition coefficient (Wildman–Crippen LogP) is 3.53. The van der Waals surface area contributed by atoms with Crippen LogP contribution in [0.3, 0.4) is 0 Å². The summed E-state index contributed by atoms with van der Waals surface area (Å²) in [5.41, 5.74) is 7.82. The number of hydrogen-bond donors (Lipinski definition) is 1. The van der Waals surface area contributed by atoms with Crippen molar-refractivity contribution in [1.82, 2.24) is 4.90 Å². The Morgan fingerprint density at radius 2 is 1.90 bits per heavy atom. The van der Waals surface area contributed by atoms with Gasteiger partial charge < -0.3 is 10.6 Å². The molecule has 2 aliphatic rings. The van der Waals surface area contributed by atoms with Crippen LogP contribution in [-0.4, -0.2) is 23.4 Å². The highest BCUT2D eigenvalue weighted by Crippen LogP contribution is 2.33. The van der Waals surface area contributed by atoms with Gasteiger partial charge in [0.25, 0.3) is 0 Å². The molecule has 21 heavy (non-hydrogen) atoms. The second-order valence-electron chi connectivity index (χ2n) is 6.28. The first-order valence-electron chi connectivity index (χ1n) is 8.01. The minimum atomic E-state index is -0.140. The van der Waals surface area contributed by atoms with Gasteiger partial charge in [-0.3, -0.25) is 4.99 Å². The number of aliphatic imine (C=N–C) groups is 1. The molecule has 0 radical (unpaired) electrons. The molecule has 0 aromatic heterocycles. The van der Waals surface area contributed by atoms with Crippen molar-refractivity contribution in [3.8, 4) is 0 Å². The third-order valence-corrected chi connectivity index (χ3v) is 4.83. The summed E-state index contributed by atoms with van der Waals surface area (Å²) in [4.78, 5) is 6.68. The van der Waals surface area contributed by atoms with Gasteiger partial charge in [0, 0.05) is 6.04 Å². The van der Waals surface area contributed by atoms with Gasteiger partial charge in [-0.15, -0.1) is 0 Å². The van der Waals surface area contributed by atoms with Crippen molar-refractivity contribution in [2.24, 2.45) is 10.7 Å². The minimum Gasteiger partial charge on any atom is -0.370 e. The quantitative estimate of drug-likeness (QED) is 0.846. The van der Waals surface area contributed by atoms with Gasteiger partial charge in [0.05, 0.1) is 12.6 Å². The molecule has 0 bridgehead atoms. The topological polar surface area (TPSA) is 41.6 Å². The fraction of sp³-hybridized carbons (Fsp3) is 0.588. The Hall–Kier alpha value is -1.58. The van der Waals surface area contributed by atoms with Crippen molar-refractivity contribution in [2.45, 2.75) is 57.5 Å². The first-order valence-corrected chi connectivity index (χ1v) is 8.01. The monoisotopic (exact) mass is 289 g/mol. The highest BCUT2D eigenvalue weighted by molar-refractivity contribution is 5.80. The lowest BCUT2D eigenvalue weighted by Crippen LogP contribution is -2.43. The maximum atomic E-state index is 13.9. The molecule has 1 heterocycles. The molecule has 2 N–H and O–H groups in total. The van der Waals surface area contributed by atoms with Crippen LogP contribution in [-0.2, 0) is 0 Å². The number of rotatable bonds is 2. The van der Waals surface area contributed by atoms with E-state index in [1.54, 1.807) is 13.0 Å². The molecule has 3 rings (SSSR count). The Labute approximate surface area is 126 Å². The number of aryl methyl sites for hydroxylation is 1. The molecule has 1 saturated carbocycles.